The van der Waals surface area contributed by atoms with Crippen LogP contribution < -0.4 is 4.72 Å². The Morgan fingerprint density at radius 2 is 1.89 bits per heavy atom. The van der Waals surface area contributed by atoms with Crippen LogP contribution in [0.3, 0.4) is 0 Å². The van der Waals surface area contributed by atoms with Crippen LogP contribution >= 0.6 is 27.3 Å². The summed E-state index contributed by atoms with van der Waals surface area (Å²) in [6, 6.07) is 10.8. The molecular formula is C13H14BrNO2S2. The van der Waals surface area contributed by atoms with Gasteiger partial charge in [-0.1, -0.05) is 24.3 Å². The summed E-state index contributed by atoms with van der Waals surface area (Å²) in [5.41, 5.74) is 2.06. The van der Waals surface area contributed by atoms with Crippen LogP contribution in [0.2, 0.25) is 0 Å². The zero-order chi connectivity index (χ0) is 14.0. The molecule has 1 aromatic carbocycles. The fraction of sp³-hybridized carbons (Fsp3) is 0.231. The molecule has 0 radical (unpaired) electrons. The second-order valence-electron chi connectivity index (χ2n) is 4.26. The summed E-state index contributed by atoms with van der Waals surface area (Å²) in [6.45, 7) is 3.82. The van der Waals surface area contributed by atoms with Gasteiger partial charge in [-0.15, -0.1) is 11.3 Å². The van der Waals surface area contributed by atoms with Crippen molar-refractivity contribution in [1.29, 1.82) is 0 Å². The molecule has 0 saturated carbocycles. The van der Waals surface area contributed by atoms with E-state index in [9.17, 15) is 8.42 Å². The fourth-order valence-corrected chi connectivity index (χ4v) is 5.12. The standard InChI is InChI=1S/C13H14BrNO2S2/c1-9-5-3-4-6-11(9)10(2)15-19(16,17)13-8-7-12(14)18-13/h3-8,10,15H,1-2H3. The van der Waals surface area contributed by atoms with Gasteiger partial charge in [0.2, 0.25) is 0 Å². The average Bonchev–Trinajstić information content (AvgIpc) is 2.76. The SMILES string of the molecule is Cc1ccccc1C(C)NS(=O)(=O)c1ccc(Br)s1. The first-order valence-electron chi connectivity index (χ1n) is 5.73. The molecule has 1 unspecified atom stereocenters. The summed E-state index contributed by atoms with van der Waals surface area (Å²) < 4.78 is 28.3. The van der Waals surface area contributed by atoms with Gasteiger partial charge in [-0.05, 0) is 53.0 Å². The third kappa shape index (κ3) is 3.45. The van der Waals surface area contributed by atoms with Crippen LogP contribution in [0.15, 0.2) is 44.4 Å². The van der Waals surface area contributed by atoms with Crippen molar-refractivity contribution in [3.05, 3.63) is 51.3 Å². The molecule has 2 rings (SSSR count). The number of halogens is 1. The lowest BCUT2D eigenvalue weighted by molar-refractivity contribution is 0.568. The lowest BCUT2D eigenvalue weighted by atomic mass is 10.0. The zero-order valence-corrected chi connectivity index (χ0v) is 13.8. The number of aryl methyl sites for hydroxylation is 1. The fourth-order valence-electron chi connectivity index (χ4n) is 1.87. The molecule has 1 heterocycles. The van der Waals surface area contributed by atoms with Gasteiger partial charge in [-0.25, -0.2) is 13.1 Å². The predicted octanol–water partition coefficient (Wildman–Crippen LogP) is 3.86. The summed E-state index contributed by atoms with van der Waals surface area (Å²) in [5.74, 6) is 0. The van der Waals surface area contributed by atoms with Gasteiger partial charge in [0.1, 0.15) is 4.21 Å². The average molecular weight is 360 g/mol. The lowest BCUT2D eigenvalue weighted by Crippen LogP contribution is -2.26. The molecule has 0 spiro atoms. The molecule has 1 N–H and O–H groups in total. The molecule has 2 aromatic rings. The van der Waals surface area contributed by atoms with Gasteiger partial charge in [-0.3, -0.25) is 0 Å². The molecule has 6 heteroatoms. The highest BCUT2D eigenvalue weighted by Crippen LogP contribution is 2.27. The number of rotatable bonds is 4. The second-order valence-corrected chi connectivity index (χ2v) is 8.66. The number of sulfonamides is 1. The summed E-state index contributed by atoms with van der Waals surface area (Å²) in [6.07, 6.45) is 0. The van der Waals surface area contributed by atoms with Gasteiger partial charge >= 0.3 is 0 Å². The number of hydrogen-bond donors (Lipinski definition) is 1. The smallest absolute Gasteiger partial charge is 0.206 e. The molecular weight excluding hydrogens is 346 g/mol. The molecule has 102 valence electrons. The van der Waals surface area contributed by atoms with Gasteiger partial charge in [0.25, 0.3) is 10.0 Å². The maximum Gasteiger partial charge on any atom is 0.250 e. The minimum Gasteiger partial charge on any atom is -0.206 e. The van der Waals surface area contributed by atoms with E-state index in [1.54, 1.807) is 12.1 Å². The molecule has 1 atom stereocenters. The molecule has 0 amide bonds. The Labute approximate surface area is 125 Å². The zero-order valence-electron chi connectivity index (χ0n) is 10.6. The largest absolute Gasteiger partial charge is 0.250 e. The molecule has 0 bridgehead atoms. The Balaban J connectivity index is 2.24. The monoisotopic (exact) mass is 359 g/mol. The Bertz CT molecular complexity index is 679. The highest BCUT2D eigenvalue weighted by atomic mass is 79.9. The van der Waals surface area contributed by atoms with E-state index in [-0.39, 0.29) is 6.04 Å². The van der Waals surface area contributed by atoms with Crippen LogP contribution in [0, 0.1) is 6.92 Å². The van der Waals surface area contributed by atoms with Crippen molar-refractivity contribution in [1.82, 2.24) is 4.72 Å². The van der Waals surface area contributed by atoms with Gasteiger partial charge in [0, 0.05) is 6.04 Å². The minimum absolute atomic E-state index is 0.257. The Kier molecular flexibility index (Phi) is 4.45. The first-order chi connectivity index (χ1) is 8.90. The highest BCUT2D eigenvalue weighted by molar-refractivity contribution is 9.11. The van der Waals surface area contributed by atoms with Crippen molar-refractivity contribution in [3.8, 4) is 0 Å². The second kappa shape index (κ2) is 5.75. The number of hydrogen-bond acceptors (Lipinski definition) is 3. The summed E-state index contributed by atoms with van der Waals surface area (Å²) in [7, 11) is -3.47. The third-order valence-electron chi connectivity index (χ3n) is 2.80. The number of nitrogens with one attached hydrogen (secondary N) is 1. The lowest BCUT2D eigenvalue weighted by Gasteiger charge is -2.15. The van der Waals surface area contributed by atoms with Crippen molar-refractivity contribution in [3.63, 3.8) is 0 Å². The molecule has 19 heavy (non-hydrogen) atoms. The van der Waals surface area contributed by atoms with Crippen molar-refractivity contribution in [2.75, 3.05) is 0 Å². The van der Waals surface area contributed by atoms with E-state index in [1.807, 2.05) is 38.1 Å². The highest BCUT2D eigenvalue weighted by Gasteiger charge is 2.20. The molecule has 0 aliphatic heterocycles. The Hall–Kier alpha value is -0.690. The van der Waals surface area contributed by atoms with Gasteiger partial charge in [-0.2, -0.15) is 0 Å². The molecule has 0 fully saturated rings. The first-order valence-corrected chi connectivity index (χ1v) is 8.82. The maximum atomic E-state index is 12.2. The maximum absolute atomic E-state index is 12.2. The Morgan fingerprint density at radius 3 is 2.47 bits per heavy atom. The van der Waals surface area contributed by atoms with E-state index in [2.05, 4.69) is 20.7 Å². The van der Waals surface area contributed by atoms with Crippen LogP contribution in [-0.2, 0) is 10.0 Å². The minimum atomic E-state index is -3.47. The van der Waals surface area contributed by atoms with Crippen molar-refractivity contribution < 1.29 is 8.42 Å². The van der Waals surface area contributed by atoms with E-state index in [0.29, 0.717) is 4.21 Å². The molecule has 0 aliphatic carbocycles. The number of benzene rings is 1. The van der Waals surface area contributed by atoms with Crippen LogP contribution in [0.1, 0.15) is 24.1 Å². The normalized spacial score (nSPS) is 13.4. The van der Waals surface area contributed by atoms with E-state index in [4.69, 9.17) is 0 Å². The summed E-state index contributed by atoms with van der Waals surface area (Å²) in [5, 5.41) is 0. The van der Waals surface area contributed by atoms with Crippen LogP contribution in [0.4, 0.5) is 0 Å². The molecule has 0 saturated heterocycles. The Morgan fingerprint density at radius 1 is 1.21 bits per heavy atom. The third-order valence-corrected chi connectivity index (χ3v) is 6.46. The van der Waals surface area contributed by atoms with Gasteiger partial charge in [0.05, 0.1) is 3.79 Å². The van der Waals surface area contributed by atoms with Crippen LogP contribution in [0.25, 0.3) is 0 Å². The molecule has 0 aliphatic rings. The van der Waals surface area contributed by atoms with Gasteiger partial charge in [0.15, 0.2) is 0 Å². The van der Waals surface area contributed by atoms with Crippen LogP contribution in [0.5, 0.6) is 0 Å². The van der Waals surface area contributed by atoms with Gasteiger partial charge < -0.3 is 0 Å². The van der Waals surface area contributed by atoms with E-state index in [1.165, 1.54) is 11.3 Å². The molecule has 3 nitrogen and oxygen atoms in total. The number of thiophene rings is 1. The first kappa shape index (κ1) is 14.7. The molecule has 1 aromatic heterocycles. The quantitative estimate of drug-likeness (QED) is 0.900. The van der Waals surface area contributed by atoms with Crippen molar-refractivity contribution >= 4 is 37.3 Å². The summed E-state index contributed by atoms with van der Waals surface area (Å²) in [4.78, 5) is 0. The predicted molar refractivity (Wildman–Crippen MR) is 81.9 cm³/mol. The van der Waals surface area contributed by atoms with E-state index >= 15 is 0 Å². The topological polar surface area (TPSA) is 46.2 Å². The van der Waals surface area contributed by atoms with E-state index in [0.717, 1.165) is 14.9 Å². The van der Waals surface area contributed by atoms with E-state index < -0.39 is 10.0 Å². The van der Waals surface area contributed by atoms with Crippen LogP contribution in [-0.4, -0.2) is 8.42 Å². The summed E-state index contributed by atoms with van der Waals surface area (Å²) >= 11 is 4.48. The van der Waals surface area contributed by atoms with Crippen molar-refractivity contribution in [2.45, 2.75) is 24.1 Å². The van der Waals surface area contributed by atoms with Crippen molar-refractivity contribution in [2.24, 2.45) is 0 Å².